The minimum atomic E-state index is 0.755. The molecule has 0 saturated carbocycles. The van der Waals surface area contributed by atoms with Crippen LogP contribution in [0.2, 0.25) is 0 Å². The van der Waals surface area contributed by atoms with Gasteiger partial charge in [0.2, 0.25) is 0 Å². The second-order valence-corrected chi connectivity index (χ2v) is 3.54. The quantitative estimate of drug-likeness (QED) is 0.617. The molecule has 1 N–H and O–H groups in total. The van der Waals surface area contributed by atoms with Gasteiger partial charge in [0.1, 0.15) is 0 Å². The molecular formula is C9H18N. The number of hydrogen-bond donors (Lipinski definition) is 1. The molecule has 10 heavy (non-hydrogen) atoms. The Labute approximate surface area is 64.2 Å². The van der Waals surface area contributed by atoms with Gasteiger partial charge in [-0.1, -0.05) is 13.8 Å². The monoisotopic (exact) mass is 140 g/mol. The Kier molecular flexibility index (Phi) is 3.20. The van der Waals surface area contributed by atoms with Crippen LogP contribution in [0.5, 0.6) is 0 Å². The molecule has 1 saturated heterocycles. The van der Waals surface area contributed by atoms with Crippen molar-refractivity contribution in [2.45, 2.75) is 26.7 Å². The number of hydrogen-bond acceptors (Lipinski definition) is 1. The lowest BCUT2D eigenvalue weighted by molar-refractivity contribution is 0.393. The van der Waals surface area contributed by atoms with Crippen LogP contribution in [0.15, 0.2) is 0 Å². The molecule has 1 heterocycles. The van der Waals surface area contributed by atoms with Crippen molar-refractivity contribution in [2.24, 2.45) is 11.8 Å². The van der Waals surface area contributed by atoms with Crippen molar-refractivity contribution in [1.82, 2.24) is 5.32 Å². The lowest BCUT2D eigenvalue weighted by atomic mass is 9.91. The maximum absolute atomic E-state index is 3.41. The van der Waals surface area contributed by atoms with Crippen molar-refractivity contribution >= 4 is 0 Å². The lowest BCUT2D eigenvalue weighted by Gasteiger charge is -2.23. The van der Waals surface area contributed by atoms with Gasteiger partial charge in [0.25, 0.3) is 0 Å². The van der Waals surface area contributed by atoms with Crippen LogP contribution in [-0.4, -0.2) is 13.1 Å². The van der Waals surface area contributed by atoms with E-state index in [1.807, 2.05) is 0 Å². The molecule has 1 rings (SSSR count). The van der Waals surface area contributed by atoms with Gasteiger partial charge in [0, 0.05) is 0 Å². The highest BCUT2D eigenvalue weighted by molar-refractivity contribution is 4.83. The summed E-state index contributed by atoms with van der Waals surface area (Å²) in [4.78, 5) is 0. The van der Waals surface area contributed by atoms with E-state index in [0.29, 0.717) is 0 Å². The molecule has 1 heteroatoms. The minimum absolute atomic E-state index is 0.755. The van der Waals surface area contributed by atoms with E-state index in [9.17, 15) is 0 Å². The molecule has 1 fully saturated rings. The maximum atomic E-state index is 3.41. The van der Waals surface area contributed by atoms with Crippen molar-refractivity contribution < 1.29 is 0 Å². The first-order valence-electron chi connectivity index (χ1n) is 4.34. The minimum Gasteiger partial charge on any atom is -0.316 e. The maximum Gasteiger partial charge on any atom is -0.00177 e. The van der Waals surface area contributed by atoms with Crippen LogP contribution in [0.1, 0.15) is 26.7 Å². The molecule has 1 nitrogen and oxygen atoms in total. The fourth-order valence-corrected chi connectivity index (χ4v) is 1.59. The molecule has 1 aliphatic rings. The predicted octanol–water partition coefficient (Wildman–Crippen LogP) is 1.85. The molecule has 0 amide bonds. The predicted molar refractivity (Wildman–Crippen MR) is 44.7 cm³/mol. The number of nitrogens with one attached hydrogen (secondary N) is 1. The molecule has 1 atom stereocenters. The van der Waals surface area contributed by atoms with E-state index in [2.05, 4.69) is 25.6 Å². The van der Waals surface area contributed by atoms with Crippen LogP contribution in [0, 0.1) is 18.3 Å². The highest BCUT2D eigenvalue weighted by Crippen LogP contribution is 2.17. The highest BCUT2D eigenvalue weighted by atomic mass is 14.9. The normalized spacial score (nSPS) is 27.3. The van der Waals surface area contributed by atoms with Gasteiger partial charge in [-0.3, -0.25) is 0 Å². The molecule has 59 valence electrons. The zero-order valence-electron chi connectivity index (χ0n) is 7.06. The summed E-state index contributed by atoms with van der Waals surface area (Å²) in [5.41, 5.74) is 0. The molecule has 0 aromatic rings. The number of piperidine rings is 1. The van der Waals surface area contributed by atoms with Crippen molar-refractivity contribution in [2.75, 3.05) is 13.1 Å². The Morgan fingerprint density at radius 3 is 2.80 bits per heavy atom. The third-order valence-corrected chi connectivity index (χ3v) is 1.99. The van der Waals surface area contributed by atoms with E-state index in [4.69, 9.17) is 0 Å². The molecule has 0 bridgehead atoms. The van der Waals surface area contributed by atoms with Gasteiger partial charge in [-0.2, -0.15) is 0 Å². The van der Waals surface area contributed by atoms with E-state index in [1.165, 1.54) is 25.9 Å². The van der Waals surface area contributed by atoms with Crippen molar-refractivity contribution in [3.8, 4) is 0 Å². The zero-order valence-corrected chi connectivity index (χ0v) is 7.06. The Balaban J connectivity index is 2.13. The first kappa shape index (κ1) is 8.06. The molecule has 0 aliphatic carbocycles. The molecular weight excluding hydrogens is 122 g/mol. The summed E-state index contributed by atoms with van der Waals surface area (Å²) in [6.07, 6.45) is 5.21. The Morgan fingerprint density at radius 1 is 1.50 bits per heavy atom. The van der Waals surface area contributed by atoms with Gasteiger partial charge >= 0.3 is 0 Å². The van der Waals surface area contributed by atoms with E-state index in [1.54, 1.807) is 0 Å². The average molecular weight is 140 g/mol. The first-order valence-corrected chi connectivity index (χ1v) is 4.34. The van der Waals surface area contributed by atoms with Crippen LogP contribution < -0.4 is 5.32 Å². The Bertz CT molecular complexity index is 82.7. The largest absolute Gasteiger partial charge is 0.316 e. The molecule has 0 aromatic carbocycles. The van der Waals surface area contributed by atoms with E-state index >= 15 is 0 Å². The molecule has 1 aliphatic heterocycles. The summed E-state index contributed by atoms with van der Waals surface area (Å²) in [6.45, 7) is 6.95. The van der Waals surface area contributed by atoms with E-state index < -0.39 is 0 Å². The van der Waals surface area contributed by atoms with Crippen LogP contribution in [0.4, 0.5) is 0 Å². The van der Waals surface area contributed by atoms with Gasteiger partial charge in [0.05, 0.1) is 0 Å². The van der Waals surface area contributed by atoms with Crippen LogP contribution in [0.3, 0.4) is 0 Å². The third-order valence-electron chi connectivity index (χ3n) is 1.99. The second-order valence-electron chi connectivity index (χ2n) is 3.54. The second kappa shape index (κ2) is 3.97. The molecule has 1 unspecified atom stereocenters. The fourth-order valence-electron chi connectivity index (χ4n) is 1.59. The van der Waals surface area contributed by atoms with Crippen molar-refractivity contribution in [3.63, 3.8) is 0 Å². The van der Waals surface area contributed by atoms with Crippen LogP contribution in [-0.2, 0) is 0 Å². The molecule has 0 aromatic heterocycles. The SMILES string of the molecule is CC(C)[CH]C1CCCNC1. The van der Waals surface area contributed by atoms with Gasteiger partial charge < -0.3 is 5.32 Å². The van der Waals surface area contributed by atoms with Crippen molar-refractivity contribution in [1.29, 1.82) is 0 Å². The van der Waals surface area contributed by atoms with E-state index in [-0.39, 0.29) is 0 Å². The van der Waals surface area contributed by atoms with Crippen molar-refractivity contribution in [3.05, 3.63) is 6.42 Å². The van der Waals surface area contributed by atoms with Gasteiger partial charge in [-0.15, -0.1) is 0 Å². The zero-order chi connectivity index (χ0) is 7.40. The summed E-state index contributed by atoms with van der Waals surface area (Å²) >= 11 is 0. The Morgan fingerprint density at radius 2 is 2.30 bits per heavy atom. The third kappa shape index (κ3) is 2.70. The lowest BCUT2D eigenvalue weighted by Crippen LogP contribution is -2.30. The van der Waals surface area contributed by atoms with Crippen LogP contribution in [0.25, 0.3) is 0 Å². The van der Waals surface area contributed by atoms with Gasteiger partial charge in [0.15, 0.2) is 0 Å². The summed E-state index contributed by atoms with van der Waals surface area (Å²) < 4.78 is 0. The fraction of sp³-hybridized carbons (Fsp3) is 0.889. The van der Waals surface area contributed by atoms with E-state index in [0.717, 1.165) is 11.8 Å². The molecule has 0 spiro atoms. The summed E-state index contributed by atoms with van der Waals surface area (Å²) in [5.74, 6) is 1.60. The highest BCUT2D eigenvalue weighted by Gasteiger charge is 2.13. The van der Waals surface area contributed by atoms with Gasteiger partial charge in [-0.25, -0.2) is 0 Å². The summed E-state index contributed by atoms with van der Waals surface area (Å²) in [5, 5.41) is 3.41. The first-order chi connectivity index (χ1) is 4.79. The smallest absolute Gasteiger partial charge is 0.00177 e. The summed E-state index contributed by atoms with van der Waals surface area (Å²) in [7, 11) is 0. The summed E-state index contributed by atoms with van der Waals surface area (Å²) in [6, 6.07) is 0. The molecule has 1 radical (unpaired) electrons. The van der Waals surface area contributed by atoms with Crippen LogP contribution >= 0.6 is 0 Å². The topological polar surface area (TPSA) is 12.0 Å². The number of rotatable bonds is 2. The van der Waals surface area contributed by atoms with Gasteiger partial charge in [-0.05, 0) is 44.2 Å². The standard InChI is InChI=1S/C9H18N/c1-8(2)6-9-4-3-5-10-7-9/h6,8-10H,3-5,7H2,1-2H3. The Hall–Kier alpha value is -0.0400. The average Bonchev–Trinajstić information content (AvgIpc) is 1.88.